The second kappa shape index (κ2) is 7.14. The number of nitrogens with zero attached hydrogens (tertiary/aromatic N) is 2. The van der Waals surface area contributed by atoms with E-state index < -0.39 is 0 Å². The largest absolute Gasteiger partial charge is 0.325 e. The summed E-state index contributed by atoms with van der Waals surface area (Å²) in [5, 5.41) is 0. The minimum Gasteiger partial charge on any atom is -0.325 e. The fourth-order valence-corrected chi connectivity index (χ4v) is 3.74. The van der Waals surface area contributed by atoms with E-state index in [9.17, 15) is 4.39 Å². The van der Waals surface area contributed by atoms with Gasteiger partial charge >= 0.3 is 0 Å². The van der Waals surface area contributed by atoms with E-state index >= 15 is 0 Å². The minimum atomic E-state index is -0.199. The molecule has 0 radical (unpaired) electrons. The van der Waals surface area contributed by atoms with Crippen LogP contribution in [0.1, 0.15) is 63.1 Å². The molecule has 0 aromatic heterocycles. The van der Waals surface area contributed by atoms with E-state index in [1.165, 1.54) is 22.9 Å². The smallest absolute Gasteiger partial charge is 0.125 e. The van der Waals surface area contributed by atoms with E-state index in [2.05, 4.69) is 75.0 Å². The maximum Gasteiger partial charge on any atom is 0.125 e. The first-order valence-corrected chi connectivity index (χ1v) is 9.45. The summed E-state index contributed by atoms with van der Waals surface area (Å²) in [7, 11) is 0. The van der Waals surface area contributed by atoms with Crippen LogP contribution in [0.4, 0.5) is 15.8 Å². The molecule has 3 rings (SSSR count). The van der Waals surface area contributed by atoms with E-state index in [1.54, 1.807) is 6.07 Å². The number of rotatable bonds is 4. The molecule has 1 atom stereocenters. The van der Waals surface area contributed by atoms with Crippen molar-refractivity contribution in [3.8, 4) is 0 Å². The van der Waals surface area contributed by atoms with Crippen molar-refractivity contribution in [3.63, 3.8) is 0 Å². The van der Waals surface area contributed by atoms with Crippen LogP contribution in [-0.2, 0) is 0 Å². The predicted molar refractivity (Wildman–Crippen MR) is 109 cm³/mol. The third kappa shape index (κ3) is 3.23. The van der Waals surface area contributed by atoms with Crippen molar-refractivity contribution in [2.45, 2.75) is 59.5 Å². The molecule has 0 fully saturated rings. The highest BCUT2D eigenvalue weighted by Gasteiger charge is 2.29. The van der Waals surface area contributed by atoms with Gasteiger partial charge in [0.15, 0.2) is 0 Å². The van der Waals surface area contributed by atoms with Crippen LogP contribution in [-0.4, -0.2) is 6.17 Å². The fraction of sp³-hybridized carbons (Fsp3) is 0.391. The molecule has 26 heavy (non-hydrogen) atoms. The molecule has 2 nitrogen and oxygen atoms in total. The molecule has 0 N–H and O–H groups in total. The first-order valence-electron chi connectivity index (χ1n) is 9.45. The van der Waals surface area contributed by atoms with Crippen LogP contribution >= 0.6 is 0 Å². The van der Waals surface area contributed by atoms with Crippen LogP contribution in [0.3, 0.4) is 0 Å². The topological polar surface area (TPSA) is 6.48 Å². The Morgan fingerprint density at radius 2 is 1.46 bits per heavy atom. The summed E-state index contributed by atoms with van der Waals surface area (Å²) in [6.07, 6.45) is 4.28. The molecule has 138 valence electrons. The van der Waals surface area contributed by atoms with Crippen molar-refractivity contribution in [1.82, 2.24) is 0 Å². The van der Waals surface area contributed by atoms with Gasteiger partial charge in [-0.25, -0.2) is 4.39 Å². The Morgan fingerprint density at radius 3 is 2.04 bits per heavy atom. The summed E-state index contributed by atoms with van der Waals surface area (Å²) in [6.45, 7) is 13.2. The van der Waals surface area contributed by atoms with Gasteiger partial charge < -0.3 is 9.80 Å². The molecular formula is C23H29FN2. The first kappa shape index (κ1) is 18.5. The maximum absolute atomic E-state index is 13.8. The zero-order valence-corrected chi connectivity index (χ0v) is 16.6. The average molecular weight is 352 g/mol. The molecule has 3 heteroatoms. The molecule has 0 spiro atoms. The van der Waals surface area contributed by atoms with Gasteiger partial charge in [0.2, 0.25) is 0 Å². The Balaban J connectivity index is 2.05. The number of hydrogen-bond donors (Lipinski definition) is 0. The quantitative estimate of drug-likeness (QED) is 0.617. The molecule has 2 aromatic carbocycles. The summed E-state index contributed by atoms with van der Waals surface area (Å²) >= 11 is 0. The Hall–Kier alpha value is -2.29. The highest BCUT2D eigenvalue weighted by Crippen LogP contribution is 2.40. The third-order valence-electron chi connectivity index (χ3n) is 5.24. The van der Waals surface area contributed by atoms with Gasteiger partial charge in [0.25, 0.3) is 0 Å². The number of hydrogen-bond acceptors (Lipinski definition) is 2. The van der Waals surface area contributed by atoms with Crippen LogP contribution in [0.25, 0.3) is 0 Å². The molecule has 0 unspecified atom stereocenters. The molecule has 0 saturated carbocycles. The minimum absolute atomic E-state index is 0.0906. The summed E-state index contributed by atoms with van der Waals surface area (Å²) in [4.78, 5) is 4.48. The normalized spacial score (nSPS) is 17.0. The lowest BCUT2D eigenvalue weighted by Gasteiger charge is -2.34. The van der Waals surface area contributed by atoms with Gasteiger partial charge in [-0.05, 0) is 54.5 Å². The van der Waals surface area contributed by atoms with E-state index in [0.717, 1.165) is 11.3 Å². The van der Waals surface area contributed by atoms with Gasteiger partial charge in [-0.3, -0.25) is 0 Å². The molecular weight excluding hydrogens is 323 g/mol. The zero-order chi connectivity index (χ0) is 19.0. The average Bonchev–Trinajstić information content (AvgIpc) is 2.97. The zero-order valence-electron chi connectivity index (χ0n) is 16.6. The van der Waals surface area contributed by atoms with Crippen LogP contribution in [0.15, 0.2) is 48.8 Å². The van der Waals surface area contributed by atoms with E-state index in [0.29, 0.717) is 11.8 Å². The number of benzene rings is 2. The summed E-state index contributed by atoms with van der Waals surface area (Å²) in [5.74, 6) is 0.679. The van der Waals surface area contributed by atoms with Gasteiger partial charge in [-0.2, -0.15) is 0 Å². The Morgan fingerprint density at radius 1 is 0.885 bits per heavy atom. The first-order chi connectivity index (χ1) is 12.3. The Labute approximate surface area is 156 Å². The molecule has 0 saturated heterocycles. The number of anilines is 2. The highest BCUT2D eigenvalue weighted by atomic mass is 19.1. The Kier molecular flexibility index (Phi) is 5.08. The second-order valence-corrected chi connectivity index (χ2v) is 7.77. The SMILES string of the molecule is Cc1ccc(F)cc1N1C=CN(c2c(C(C)C)cccc2C(C)C)[C@@H]1C. The van der Waals surface area contributed by atoms with Crippen LogP contribution < -0.4 is 9.80 Å². The lowest BCUT2D eigenvalue weighted by Crippen LogP contribution is -2.37. The predicted octanol–water partition coefficient (Wildman–Crippen LogP) is 6.52. The lowest BCUT2D eigenvalue weighted by atomic mass is 9.92. The van der Waals surface area contributed by atoms with Gasteiger partial charge in [-0.15, -0.1) is 0 Å². The highest BCUT2D eigenvalue weighted by molar-refractivity contribution is 5.69. The fourth-order valence-electron chi connectivity index (χ4n) is 3.74. The van der Waals surface area contributed by atoms with Gasteiger partial charge in [-0.1, -0.05) is 52.0 Å². The molecule has 0 bridgehead atoms. The number of aryl methyl sites for hydroxylation is 1. The standard InChI is InChI=1S/C23H29FN2/c1-15(2)20-8-7-9-21(16(3)4)23(20)26-13-12-25(18(26)6)22-14-19(24)11-10-17(22)5/h7-16,18H,1-6H3/t18-/m1/s1. The van der Waals surface area contributed by atoms with Crippen molar-refractivity contribution in [1.29, 1.82) is 0 Å². The van der Waals surface area contributed by atoms with Crippen LogP contribution in [0.2, 0.25) is 0 Å². The summed E-state index contributed by atoms with van der Waals surface area (Å²) in [6, 6.07) is 11.6. The van der Waals surface area contributed by atoms with Crippen LogP contribution in [0.5, 0.6) is 0 Å². The van der Waals surface area contributed by atoms with Crippen molar-refractivity contribution >= 4 is 11.4 Å². The van der Waals surface area contributed by atoms with E-state index in [-0.39, 0.29) is 12.0 Å². The molecule has 1 aliphatic heterocycles. The monoisotopic (exact) mass is 352 g/mol. The lowest BCUT2D eigenvalue weighted by molar-refractivity contribution is 0.625. The third-order valence-corrected chi connectivity index (χ3v) is 5.24. The van der Waals surface area contributed by atoms with Crippen molar-refractivity contribution < 1.29 is 4.39 Å². The summed E-state index contributed by atoms with van der Waals surface area (Å²) in [5.41, 5.74) is 5.99. The van der Waals surface area contributed by atoms with Gasteiger partial charge in [0.1, 0.15) is 12.0 Å². The molecule has 0 aliphatic carbocycles. The van der Waals surface area contributed by atoms with Crippen molar-refractivity contribution in [2.24, 2.45) is 0 Å². The maximum atomic E-state index is 13.8. The van der Waals surface area contributed by atoms with Crippen molar-refractivity contribution in [3.05, 3.63) is 71.3 Å². The second-order valence-electron chi connectivity index (χ2n) is 7.77. The molecule has 1 heterocycles. The number of para-hydroxylation sites is 1. The number of halogens is 1. The van der Waals surface area contributed by atoms with Gasteiger partial charge in [0, 0.05) is 23.8 Å². The van der Waals surface area contributed by atoms with E-state index in [4.69, 9.17) is 0 Å². The molecule has 2 aromatic rings. The van der Waals surface area contributed by atoms with Crippen LogP contribution in [0, 0.1) is 12.7 Å². The van der Waals surface area contributed by atoms with Gasteiger partial charge in [0.05, 0.1) is 0 Å². The Bertz CT molecular complexity index is 797. The molecule has 0 amide bonds. The van der Waals surface area contributed by atoms with E-state index in [1.807, 2.05) is 13.0 Å². The molecule has 1 aliphatic rings. The summed E-state index contributed by atoms with van der Waals surface area (Å²) < 4.78 is 13.8. The van der Waals surface area contributed by atoms with Crippen molar-refractivity contribution in [2.75, 3.05) is 9.80 Å².